The van der Waals surface area contributed by atoms with Gasteiger partial charge in [-0.3, -0.25) is 4.79 Å². The van der Waals surface area contributed by atoms with Crippen LogP contribution in [-0.4, -0.2) is 42.9 Å². The monoisotopic (exact) mass is 399 g/mol. The van der Waals surface area contributed by atoms with Crippen molar-refractivity contribution < 1.29 is 9.53 Å². The number of nitrogens with one attached hydrogen (secondary N) is 1. The number of anilines is 1. The van der Waals surface area contributed by atoms with Gasteiger partial charge in [0.15, 0.2) is 0 Å². The Kier molecular flexibility index (Phi) is 6.97. The summed E-state index contributed by atoms with van der Waals surface area (Å²) in [6, 6.07) is 8.39. The zero-order valence-corrected chi connectivity index (χ0v) is 18.0. The Morgan fingerprint density at radius 1 is 1.14 bits per heavy atom. The first-order chi connectivity index (χ1) is 13.5. The van der Waals surface area contributed by atoms with Gasteiger partial charge in [0, 0.05) is 19.6 Å². The van der Waals surface area contributed by atoms with Crippen LogP contribution in [-0.2, 0) is 11.3 Å². The lowest BCUT2D eigenvalue weighted by Gasteiger charge is -2.28. The molecule has 150 valence electrons. The van der Waals surface area contributed by atoms with Crippen molar-refractivity contribution in [3.05, 3.63) is 52.1 Å². The average Bonchev–Trinajstić information content (AvgIpc) is 2.66. The van der Waals surface area contributed by atoms with Crippen molar-refractivity contribution in [1.82, 2.24) is 10.3 Å². The number of carbonyl (C=O) groups excluding carboxylic acids is 1. The first-order valence-electron chi connectivity index (χ1n) is 9.80. The standard InChI is InChI=1S/C22H29N3O2S/c1-5-28-22-20(17(4)13-19(24-22)25-6-8-27-9-7-25)21(26)23-14-18-11-15(2)10-16(3)12-18/h10-13H,5-9,14H2,1-4H3,(H,23,26). The van der Waals surface area contributed by atoms with Crippen LogP contribution in [0.5, 0.6) is 0 Å². The summed E-state index contributed by atoms with van der Waals surface area (Å²) >= 11 is 1.62. The van der Waals surface area contributed by atoms with Crippen molar-refractivity contribution in [2.45, 2.75) is 39.3 Å². The first-order valence-corrected chi connectivity index (χ1v) is 10.8. The molecule has 1 aliphatic heterocycles. The number of ether oxygens (including phenoxy) is 1. The second-order valence-corrected chi connectivity index (χ2v) is 8.44. The number of nitrogens with zero attached hydrogens (tertiary/aromatic N) is 2. The lowest BCUT2D eigenvalue weighted by atomic mass is 10.1. The Morgan fingerprint density at radius 2 is 1.82 bits per heavy atom. The summed E-state index contributed by atoms with van der Waals surface area (Å²) in [6.07, 6.45) is 0. The highest BCUT2D eigenvalue weighted by Gasteiger charge is 2.20. The van der Waals surface area contributed by atoms with Crippen LogP contribution < -0.4 is 10.2 Å². The number of aryl methyl sites for hydroxylation is 3. The summed E-state index contributed by atoms with van der Waals surface area (Å²) in [6.45, 7) is 11.9. The molecule has 1 aromatic carbocycles. The van der Waals surface area contributed by atoms with Crippen molar-refractivity contribution in [1.29, 1.82) is 0 Å². The molecule has 28 heavy (non-hydrogen) atoms. The van der Waals surface area contributed by atoms with E-state index in [1.54, 1.807) is 11.8 Å². The van der Waals surface area contributed by atoms with Crippen molar-refractivity contribution in [2.75, 3.05) is 37.0 Å². The van der Waals surface area contributed by atoms with E-state index in [2.05, 4.69) is 49.2 Å². The van der Waals surface area contributed by atoms with Crippen molar-refractivity contribution in [3.8, 4) is 0 Å². The van der Waals surface area contributed by atoms with Gasteiger partial charge >= 0.3 is 0 Å². The van der Waals surface area contributed by atoms with Crippen LogP contribution in [0.25, 0.3) is 0 Å². The molecule has 1 fully saturated rings. The van der Waals surface area contributed by atoms with Crippen LogP contribution in [0.1, 0.15) is 39.5 Å². The Morgan fingerprint density at radius 3 is 2.46 bits per heavy atom. The van der Waals surface area contributed by atoms with Gasteiger partial charge in [0.2, 0.25) is 0 Å². The Labute approximate surface area is 171 Å². The molecule has 1 aromatic heterocycles. The Bertz CT molecular complexity index is 828. The second kappa shape index (κ2) is 9.43. The quantitative estimate of drug-likeness (QED) is 0.747. The minimum Gasteiger partial charge on any atom is -0.378 e. The maximum absolute atomic E-state index is 13.0. The zero-order valence-electron chi connectivity index (χ0n) is 17.2. The molecule has 0 atom stereocenters. The number of rotatable bonds is 6. The number of hydrogen-bond acceptors (Lipinski definition) is 5. The van der Waals surface area contributed by atoms with E-state index in [4.69, 9.17) is 9.72 Å². The van der Waals surface area contributed by atoms with Gasteiger partial charge in [-0.1, -0.05) is 36.2 Å². The van der Waals surface area contributed by atoms with Gasteiger partial charge in [-0.25, -0.2) is 4.98 Å². The lowest BCUT2D eigenvalue weighted by molar-refractivity contribution is 0.0946. The minimum atomic E-state index is -0.0614. The molecule has 0 aliphatic carbocycles. The van der Waals surface area contributed by atoms with Gasteiger partial charge < -0.3 is 15.0 Å². The van der Waals surface area contributed by atoms with E-state index in [1.807, 2.05) is 13.0 Å². The normalized spacial score (nSPS) is 14.2. The van der Waals surface area contributed by atoms with E-state index < -0.39 is 0 Å². The van der Waals surface area contributed by atoms with Crippen LogP contribution in [0, 0.1) is 20.8 Å². The highest BCUT2D eigenvalue weighted by Crippen LogP contribution is 2.28. The zero-order chi connectivity index (χ0) is 20.1. The average molecular weight is 400 g/mol. The third-order valence-electron chi connectivity index (χ3n) is 4.75. The van der Waals surface area contributed by atoms with Crippen LogP contribution in [0.2, 0.25) is 0 Å². The summed E-state index contributed by atoms with van der Waals surface area (Å²) in [5, 5.41) is 3.89. The van der Waals surface area contributed by atoms with Gasteiger partial charge in [0.1, 0.15) is 10.8 Å². The maximum Gasteiger partial charge on any atom is 0.254 e. The molecule has 3 rings (SSSR count). The summed E-state index contributed by atoms with van der Waals surface area (Å²) in [5.41, 5.74) is 5.18. The van der Waals surface area contributed by atoms with Crippen LogP contribution in [0.4, 0.5) is 5.82 Å². The maximum atomic E-state index is 13.0. The number of amides is 1. The molecule has 2 heterocycles. The fourth-order valence-electron chi connectivity index (χ4n) is 3.54. The molecule has 2 aromatic rings. The van der Waals surface area contributed by atoms with E-state index >= 15 is 0 Å². The molecular formula is C22H29N3O2S. The number of aromatic nitrogens is 1. The number of thioether (sulfide) groups is 1. The molecule has 1 saturated heterocycles. The van der Waals surface area contributed by atoms with Crippen molar-refractivity contribution in [3.63, 3.8) is 0 Å². The third kappa shape index (κ3) is 5.06. The molecule has 1 N–H and O–H groups in total. The molecule has 1 amide bonds. The number of carbonyl (C=O) groups is 1. The fourth-order valence-corrected chi connectivity index (χ4v) is 4.37. The van der Waals surface area contributed by atoms with Gasteiger partial charge in [-0.2, -0.15) is 0 Å². The molecule has 0 radical (unpaired) electrons. The van der Waals surface area contributed by atoms with Gasteiger partial charge in [-0.05, 0) is 43.7 Å². The summed E-state index contributed by atoms with van der Waals surface area (Å²) in [7, 11) is 0. The molecular weight excluding hydrogens is 370 g/mol. The molecule has 1 aliphatic rings. The second-order valence-electron chi connectivity index (χ2n) is 7.19. The van der Waals surface area contributed by atoms with Crippen molar-refractivity contribution >= 4 is 23.5 Å². The van der Waals surface area contributed by atoms with E-state index in [9.17, 15) is 4.79 Å². The summed E-state index contributed by atoms with van der Waals surface area (Å²) in [5.74, 6) is 1.74. The highest BCUT2D eigenvalue weighted by atomic mass is 32.2. The molecule has 0 spiro atoms. The van der Waals surface area contributed by atoms with Crippen LogP contribution >= 0.6 is 11.8 Å². The van der Waals surface area contributed by atoms with Gasteiger partial charge in [-0.15, -0.1) is 11.8 Å². The smallest absolute Gasteiger partial charge is 0.254 e. The lowest BCUT2D eigenvalue weighted by Crippen LogP contribution is -2.37. The summed E-state index contributed by atoms with van der Waals surface area (Å²) in [4.78, 5) is 20.0. The first kappa shape index (κ1) is 20.7. The number of morpholine rings is 1. The van der Waals surface area contributed by atoms with Gasteiger partial charge in [0.25, 0.3) is 5.91 Å². The fraction of sp³-hybridized carbons (Fsp3) is 0.455. The van der Waals surface area contributed by atoms with Crippen LogP contribution in [0.15, 0.2) is 29.3 Å². The van der Waals surface area contributed by atoms with Crippen LogP contribution in [0.3, 0.4) is 0 Å². The Hall–Kier alpha value is -2.05. The number of hydrogen-bond donors (Lipinski definition) is 1. The molecule has 0 bridgehead atoms. The predicted molar refractivity (Wildman–Crippen MR) is 115 cm³/mol. The van der Waals surface area contributed by atoms with E-state index in [0.29, 0.717) is 12.1 Å². The van der Waals surface area contributed by atoms with E-state index in [-0.39, 0.29) is 5.91 Å². The summed E-state index contributed by atoms with van der Waals surface area (Å²) < 4.78 is 5.44. The minimum absolute atomic E-state index is 0.0614. The predicted octanol–water partition coefficient (Wildman–Crippen LogP) is 3.89. The molecule has 5 nitrogen and oxygen atoms in total. The van der Waals surface area contributed by atoms with Gasteiger partial charge in [0.05, 0.1) is 18.8 Å². The Balaban J connectivity index is 1.81. The molecule has 0 unspecified atom stereocenters. The number of benzene rings is 1. The topological polar surface area (TPSA) is 54.5 Å². The SMILES string of the molecule is CCSc1nc(N2CCOCC2)cc(C)c1C(=O)NCc1cc(C)cc(C)c1. The molecule has 6 heteroatoms. The largest absolute Gasteiger partial charge is 0.378 e. The number of pyridine rings is 1. The van der Waals surface area contributed by atoms with Crippen molar-refractivity contribution in [2.24, 2.45) is 0 Å². The third-order valence-corrected chi connectivity index (χ3v) is 5.61. The van der Waals surface area contributed by atoms with E-state index in [1.165, 1.54) is 11.1 Å². The van der Waals surface area contributed by atoms with E-state index in [0.717, 1.165) is 54.0 Å². The molecule has 0 saturated carbocycles. The highest BCUT2D eigenvalue weighted by molar-refractivity contribution is 7.99.